The van der Waals surface area contributed by atoms with Crippen LogP contribution in [0, 0.1) is 17.2 Å². The first-order valence-electron chi connectivity index (χ1n) is 5.56. The highest BCUT2D eigenvalue weighted by Gasteiger charge is 2.18. The Labute approximate surface area is 90.6 Å². The molecule has 0 bridgehead atoms. The third-order valence-electron chi connectivity index (χ3n) is 2.66. The van der Waals surface area contributed by atoms with Gasteiger partial charge in [0.2, 0.25) is 5.91 Å². The Hall–Kier alpha value is -1.08. The molecule has 4 heteroatoms. The van der Waals surface area contributed by atoms with E-state index in [1.165, 1.54) is 0 Å². The Morgan fingerprint density at radius 1 is 1.67 bits per heavy atom. The average Bonchev–Trinajstić information content (AvgIpc) is 2.29. The van der Waals surface area contributed by atoms with Crippen LogP contribution in [-0.4, -0.2) is 25.2 Å². The Balaban J connectivity index is 2.23. The Morgan fingerprint density at radius 2 is 2.47 bits per heavy atom. The zero-order valence-electron chi connectivity index (χ0n) is 9.16. The molecule has 1 heterocycles. The molecule has 1 rings (SSSR count). The molecule has 1 N–H and O–H groups in total. The first-order chi connectivity index (χ1) is 7.27. The van der Waals surface area contributed by atoms with E-state index in [4.69, 9.17) is 10.00 Å². The number of amides is 1. The SMILES string of the molecule is CCC(C#N)C(=O)NCC1CCCCO1. The molecule has 1 amide bonds. The Bertz CT molecular complexity index is 241. The second kappa shape index (κ2) is 6.41. The molecular formula is C11H18N2O2. The lowest BCUT2D eigenvalue weighted by Crippen LogP contribution is -2.38. The number of nitriles is 1. The fraction of sp³-hybridized carbons (Fsp3) is 0.818. The van der Waals surface area contributed by atoms with Gasteiger partial charge in [0.25, 0.3) is 0 Å². The maximum absolute atomic E-state index is 11.5. The fourth-order valence-electron chi connectivity index (χ4n) is 1.64. The fourth-order valence-corrected chi connectivity index (χ4v) is 1.64. The lowest BCUT2D eigenvalue weighted by atomic mass is 10.1. The monoisotopic (exact) mass is 210 g/mol. The van der Waals surface area contributed by atoms with E-state index in [0.29, 0.717) is 13.0 Å². The average molecular weight is 210 g/mol. The highest BCUT2D eigenvalue weighted by atomic mass is 16.5. The first kappa shape index (κ1) is 12.0. The van der Waals surface area contributed by atoms with E-state index >= 15 is 0 Å². The minimum absolute atomic E-state index is 0.138. The third-order valence-corrected chi connectivity index (χ3v) is 2.66. The molecule has 4 nitrogen and oxygen atoms in total. The van der Waals surface area contributed by atoms with Crippen molar-refractivity contribution in [3.63, 3.8) is 0 Å². The molecule has 0 aromatic rings. The predicted molar refractivity (Wildman–Crippen MR) is 56.0 cm³/mol. The van der Waals surface area contributed by atoms with Crippen molar-refractivity contribution in [3.8, 4) is 6.07 Å². The lowest BCUT2D eigenvalue weighted by molar-refractivity contribution is -0.124. The summed E-state index contributed by atoms with van der Waals surface area (Å²) in [4.78, 5) is 11.5. The van der Waals surface area contributed by atoms with Gasteiger partial charge in [0.1, 0.15) is 5.92 Å². The first-order valence-corrected chi connectivity index (χ1v) is 5.56. The van der Waals surface area contributed by atoms with Crippen LogP contribution in [0.25, 0.3) is 0 Å². The van der Waals surface area contributed by atoms with Crippen molar-refractivity contribution in [2.24, 2.45) is 5.92 Å². The molecule has 0 radical (unpaired) electrons. The van der Waals surface area contributed by atoms with Crippen molar-refractivity contribution in [2.45, 2.75) is 38.7 Å². The minimum atomic E-state index is -0.520. The summed E-state index contributed by atoms with van der Waals surface area (Å²) in [5.41, 5.74) is 0. The molecule has 1 saturated heterocycles. The number of carbonyl (C=O) groups is 1. The molecule has 1 fully saturated rings. The van der Waals surface area contributed by atoms with Crippen molar-refractivity contribution in [2.75, 3.05) is 13.2 Å². The van der Waals surface area contributed by atoms with Gasteiger partial charge in [-0.3, -0.25) is 4.79 Å². The van der Waals surface area contributed by atoms with Crippen molar-refractivity contribution >= 4 is 5.91 Å². The van der Waals surface area contributed by atoms with E-state index in [1.807, 2.05) is 13.0 Å². The van der Waals surface area contributed by atoms with Gasteiger partial charge in [-0.2, -0.15) is 5.26 Å². The number of ether oxygens (including phenoxy) is 1. The molecule has 15 heavy (non-hydrogen) atoms. The van der Waals surface area contributed by atoms with Crippen LogP contribution in [-0.2, 0) is 9.53 Å². The summed E-state index contributed by atoms with van der Waals surface area (Å²) < 4.78 is 5.48. The topological polar surface area (TPSA) is 62.1 Å². The number of nitrogens with zero attached hydrogens (tertiary/aromatic N) is 1. The van der Waals surface area contributed by atoms with E-state index in [2.05, 4.69) is 5.32 Å². The van der Waals surface area contributed by atoms with Gasteiger partial charge in [-0.1, -0.05) is 6.92 Å². The van der Waals surface area contributed by atoms with E-state index < -0.39 is 5.92 Å². The molecular weight excluding hydrogens is 192 g/mol. The van der Waals surface area contributed by atoms with Crippen LogP contribution in [0.3, 0.4) is 0 Å². The molecule has 2 unspecified atom stereocenters. The van der Waals surface area contributed by atoms with Gasteiger partial charge in [-0.25, -0.2) is 0 Å². The van der Waals surface area contributed by atoms with Gasteiger partial charge in [0.15, 0.2) is 0 Å². The summed E-state index contributed by atoms with van der Waals surface area (Å²) >= 11 is 0. The zero-order valence-corrected chi connectivity index (χ0v) is 9.16. The van der Waals surface area contributed by atoms with Crippen molar-refractivity contribution in [1.82, 2.24) is 5.32 Å². The maximum Gasteiger partial charge on any atom is 0.237 e. The molecule has 0 aromatic heterocycles. The van der Waals surface area contributed by atoms with E-state index in [9.17, 15) is 4.79 Å². The second-order valence-electron chi connectivity index (χ2n) is 3.82. The minimum Gasteiger partial charge on any atom is -0.376 e. The quantitative estimate of drug-likeness (QED) is 0.759. The number of rotatable bonds is 4. The summed E-state index contributed by atoms with van der Waals surface area (Å²) in [6.07, 6.45) is 3.98. The van der Waals surface area contributed by atoms with Crippen LogP contribution >= 0.6 is 0 Å². The molecule has 1 aliphatic rings. The molecule has 1 aliphatic heterocycles. The van der Waals surface area contributed by atoms with Gasteiger partial charge in [0, 0.05) is 13.2 Å². The van der Waals surface area contributed by atoms with E-state index in [0.717, 1.165) is 25.9 Å². The lowest BCUT2D eigenvalue weighted by Gasteiger charge is -2.23. The van der Waals surface area contributed by atoms with Gasteiger partial charge in [0.05, 0.1) is 12.2 Å². The number of hydrogen-bond donors (Lipinski definition) is 1. The normalized spacial score (nSPS) is 22.8. The van der Waals surface area contributed by atoms with Gasteiger partial charge in [-0.05, 0) is 25.7 Å². The summed E-state index contributed by atoms with van der Waals surface area (Å²) in [7, 11) is 0. The van der Waals surface area contributed by atoms with Gasteiger partial charge < -0.3 is 10.1 Å². The second-order valence-corrected chi connectivity index (χ2v) is 3.82. The summed E-state index contributed by atoms with van der Waals surface area (Å²) in [6.45, 7) is 3.16. The molecule has 84 valence electrons. The number of nitrogens with one attached hydrogen (secondary N) is 1. The summed E-state index contributed by atoms with van der Waals surface area (Å²) in [5, 5.41) is 11.5. The highest BCUT2D eigenvalue weighted by Crippen LogP contribution is 2.11. The Morgan fingerprint density at radius 3 is 3.00 bits per heavy atom. The Kier molecular flexibility index (Phi) is 5.13. The summed E-state index contributed by atoms with van der Waals surface area (Å²) in [5.74, 6) is -0.692. The van der Waals surface area contributed by atoms with Crippen LogP contribution in [0.15, 0.2) is 0 Å². The van der Waals surface area contributed by atoms with Crippen LogP contribution in [0.2, 0.25) is 0 Å². The van der Waals surface area contributed by atoms with E-state index in [-0.39, 0.29) is 12.0 Å². The maximum atomic E-state index is 11.5. The number of carbonyl (C=O) groups excluding carboxylic acids is 1. The predicted octanol–water partition coefficient (Wildman–Crippen LogP) is 1.22. The highest BCUT2D eigenvalue weighted by molar-refractivity contribution is 5.80. The molecule has 0 spiro atoms. The molecule has 2 atom stereocenters. The van der Waals surface area contributed by atoms with Gasteiger partial charge >= 0.3 is 0 Å². The van der Waals surface area contributed by atoms with Crippen LogP contribution in [0.5, 0.6) is 0 Å². The van der Waals surface area contributed by atoms with Crippen LogP contribution in [0.1, 0.15) is 32.6 Å². The van der Waals surface area contributed by atoms with E-state index in [1.54, 1.807) is 0 Å². The zero-order chi connectivity index (χ0) is 11.1. The van der Waals surface area contributed by atoms with Crippen molar-refractivity contribution < 1.29 is 9.53 Å². The molecule has 0 aromatic carbocycles. The number of hydrogen-bond acceptors (Lipinski definition) is 3. The van der Waals surface area contributed by atoms with Crippen LogP contribution in [0.4, 0.5) is 0 Å². The van der Waals surface area contributed by atoms with Crippen molar-refractivity contribution in [3.05, 3.63) is 0 Å². The smallest absolute Gasteiger partial charge is 0.237 e. The largest absolute Gasteiger partial charge is 0.376 e. The van der Waals surface area contributed by atoms with Crippen molar-refractivity contribution in [1.29, 1.82) is 5.26 Å². The standard InChI is InChI=1S/C11H18N2O2/c1-2-9(7-12)11(14)13-8-10-5-3-4-6-15-10/h9-10H,2-6,8H2,1H3,(H,13,14). The third kappa shape index (κ3) is 3.88. The van der Waals surface area contributed by atoms with Gasteiger partial charge in [-0.15, -0.1) is 0 Å². The summed E-state index contributed by atoms with van der Waals surface area (Å²) in [6, 6.07) is 1.99. The van der Waals surface area contributed by atoms with Crippen LogP contribution < -0.4 is 5.32 Å². The molecule has 0 saturated carbocycles. The molecule has 0 aliphatic carbocycles.